The lowest BCUT2D eigenvalue weighted by atomic mass is 10.2. The van der Waals surface area contributed by atoms with E-state index in [4.69, 9.17) is 12.2 Å². The first-order valence-electron chi connectivity index (χ1n) is 5.90. The minimum absolute atomic E-state index is 0.00324. The van der Waals surface area contributed by atoms with E-state index in [0.717, 1.165) is 19.2 Å². The van der Waals surface area contributed by atoms with Crippen molar-refractivity contribution in [1.29, 1.82) is 0 Å². The van der Waals surface area contributed by atoms with Crippen LogP contribution in [-0.2, 0) is 13.2 Å². The van der Waals surface area contributed by atoms with Gasteiger partial charge in [-0.25, -0.2) is 8.78 Å². The molecule has 0 aliphatic carbocycles. The molecule has 0 amide bonds. The molecule has 9 heteroatoms. The second kappa shape index (κ2) is 5.31. The number of nitrogens with zero attached hydrogens (tertiary/aromatic N) is 2. The lowest BCUT2D eigenvalue weighted by Gasteiger charge is -2.16. The Bertz CT molecular complexity index is 866. The van der Waals surface area contributed by atoms with Gasteiger partial charge in [-0.2, -0.15) is 13.2 Å². The van der Waals surface area contributed by atoms with Gasteiger partial charge in [0.15, 0.2) is 4.77 Å². The fraction of sp³-hybridized carbons (Fsp3) is 0.231. The van der Waals surface area contributed by atoms with Gasteiger partial charge >= 0.3 is 6.18 Å². The third-order valence-corrected chi connectivity index (χ3v) is 3.54. The van der Waals surface area contributed by atoms with Gasteiger partial charge in [0.05, 0.1) is 5.69 Å². The van der Waals surface area contributed by atoms with Crippen LogP contribution in [0.4, 0.5) is 22.0 Å². The van der Waals surface area contributed by atoms with E-state index in [2.05, 4.69) is 0 Å². The van der Waals surface area contributed by atoms with Gasteiger partial charge in [-0.05, 0) is 30.8 Å². The van der Waals surface area contributed by atoms with E-state index in [1.54, 1.807) is 0 Å². The molecule has 0 radical (unpaired) electrons. The van der Waals surface area contributed by atoms with Crippen LogP contribution in [0, 0.1) is 23.3 Å². The zero-order valence-corrected chi connectivity index (χ0v) is 12.1. The first-order valence-corrected chi connectivity index (χ1v) is 6.31. The third-order valence-electron chi connectivity index (χ3n) is 3.08. The van der Waals surface area contributed by atoms with Crippen molar-refractivity contribution in [3.8, 4) is 5.69 Å². The molecule has 1 aromatic carbocycles. The topological polar surface area (TPSA) is 26.9 Å². The summed E-state index contributed by atoms with van der Waals surface area (Å²) in [6.07, 6.45) is -4.79. The molecule has 0 bridgehead atoms. The minimum atomic E-state index is -4.79. The average molecular weight is 336 g/mol. The van der Waals surface area contributed by atoms with Crippen LogP contribution in [0.15, 0.2) is 23.0 Å². The van der Waals surface area contributed by atoms with E-state index in [0.29, 0.717) is 9.13 Å². The highest BCUT2D eigenvalue weighted by Gasteiger charge is 2.34. The molecule has 0 atom stereocenters. The molecule has 118 valence electrons. The van der Waals surface area contributed by atoms with Crippen molar-refractivity contribution in [2.45, 2.75) is 13.1 Å². The first-order chi connectivity index (χ1) is 10.0. The van der Waals surface area contributed by atoms with Gasteiger partial charge in [0.25, 0.3) is 5.56 Å². The molecule has 1 aromatic heterocycles. The summed E-state index contributed by atoms with van der Waals surface area (Å²) in [5, 5.41) is 0. The Kier molecular flexibility index (Phi) is 3.94. The first kappa shape index (κ1) is 16.3. The SMILES string of the molecule is Cc1cc(F)c(-n2c(=O)cc(C(F)(F)F)n(C)c2=S)cc1F. The van der Waals surface area contributed by atoms with E-state index in [1.807, 2.05) is 0 Å². The number of hydrogen-bond acceptors (Lipinski definition) is 2. The minimum Gasteiger partial charge on any atom is -0.317 e. The van der Waals surface area contributed by atoms with Crippen molar-refractivity contribution in [3.63, 3.8) is 0 Å². The highest BCUT2D eigenvalue weighted by molar-refractivity contribution is 7.71. The maximum Gasteiger partial charge on any atom is 0.431 e. The van der Waals surface area contributed by atoms with Crippen molar-refractivity contribution in [3.05, 3.63) is 56.2 Å². The molecule has 0 N–H and O–H groups in total. The molecule has 1 heterocycles. The zero-order valence-electron chi connectivity index (χ0n) is 11.3. The average Bonchev–Trinajstić information content (AvgIpc) is 2.38. The standard InChI is InChI=1S/C13H9F5N2OS/c1-6-3-8(15)9(4-7(6)14)20-11(21)5-10(13(16,17)18)19(2)12(20)22/h3-5H,1-2H3. The molecule has 0 spiro atoms. The van der Waals surface area contributed by atoms with Gasteiger partial charge in [-0.1, -0.05) is 0 Å². The highest BCUT2D eigenvalue weighted by Crippen LogP contribution is 2.28. The van der Waals surface area contributed by atoms with E-state index in [9.17, 15) is 26.7 Å². The number of aromatic nitrogens is 2. The van der Waals surface area contributed by atoms with Crippen LogP contribution in [0.2, 0.25) is 0 Å². The molecule has 0 fully saturated rings. The largest absolute Gasteiger partial charge is 0.431 e. The maximum absolute atomic E-state index is 13.9. The Balaban J connectivity index is 2.85. The predicted octanol–water partition coefficient (Wildman–Crippen LogP) is 3.51. The molecule has 0 aliphatic heterocycles. The van der Waals surface area contributed by atoms with Gasteiger partial charge < -0.3 is 4.57 Å². The zero-order chi connectivity index (χ0) is 16.8. The normalized spacial score (nSPS) is 11.8. The monoisotopic (exact) mass is 336 g/mol. The number of aryl methyl sites for hydroxylation is 1. The van der Waals surface area contributed by atoms with Gasteiger partial charge in [-0.3, -0.25) is 9.36 Å². The predicted molar refractivity (Wildman–Crippen MR) is 71.5 cm³/mol. The summed E-state index contributed by atoms with van der Waals surface area (Å²) in [6.45, 7) is 1.31. The Morgan fingerprint density at radius 3 is 2.23 bits per heavy atom. The number of rotatable bonds is 1. The van der Waals surface area contributed by atoms with Crippen molar-refractivity contribution >= 4 is 12.2 Å². The number of alkyl halides is 3. The molecule has 0 saturated carbocycles. The van der Waals surface area contributed by atoms with Gasteiger partial charge in [0.2, 0.25) is 0 Å². The number of hydrogen-bond donors (Lipinski definition) is 0. The lowest BCUT2D eigenvalue weighted by Crippen LogP contribution is -2.28. The van der Waals surface area contributed by atoms with Gasteiger partial charge in [-0.15, -0.1) is 0 Å². The summed E-state index contributed by atoms with van der Waals surface area (Å²) < 4.78 is 66.3. The molecule has 3 nitrogen and oxygen atoms in total. The molecule has 2 rings (SSSR count). The summed E-state index contributed by atoms with van der Waals surface area (Å²) in [4.78, 5) is 11.9. The van der Waals surface area contributed by atoms with Crippen molar-refractivity contribution in [2.24, 2.45) is 7.05 Å². The van der Waals surface area contributed by atoms with E-state index in [1.165, 1.54) is 6.92 Å². The Morgan fingerprint density at radius 1 is 1.09 bits per heavy atom. The Labute approximate surface area is 126 Å². The smallest absolute Gasteiger partial charge is 0.317 e. The Morgan fingerprint density at radius 2 is 1.68 bits per heavy atom. The van der Waals surface area contributed by atoms with Gasteiger partial charge in [0, 0.05) is 19.2 Å². The lowest BCUT2D eigenvalue weighted by molar-refractivity contribution is -0.143. The van der Waals surface area contributed by atoms with E-state index >= 15 is 0 Å². The maximum atomic E-state index is 13.9. The number of benzene rings is 1. The molecular weight excluding hydrogens is 327 g/mol. The Hall–Kier alpha value is -2.03. The fourth-order valence-electron chi connectivity index (χ4n) is 1.93. The van der Waals surface area contributed by atoms with Gasteiger partial charge in [0.1, 0.15) is 17.3 Å². The quantitative estimate of drug-likeness (QED) is 0.589. The molecule has 0 saturated heterocycles. The number of halogens is 5. The van der Waals surface area contributed by atoms with Crippen molar-refractivity contribution < 1.29 is 22.0 Å². The van der Waals surface area contributed by atoms with Crippen LogP contribution < -0.4 is 5.56 Å². The second-order valence-corrected chi connectivity index (χ2v) is 4.96. The second-order valence-electron chi connectivity index (χ2n) is 4.60. The third kappa shape index (κ3) is 2.68. The van der Waals surface area contributed by atoms with Crippen LogP contribution in [0.1, 0.15) is 11.3 Å². The summed E-state index contributed by atoms with van der Waals surface area (Å²) in [5.74, 6) is -1.77. The van der Waals surface area contributed by atoms with Crippen LogP contribution >= 0.6 is 12.2 Å². The molecule has 2 aromatic rings. The summed E-state index contributed by atoms with van der Waals surface area (Å²) >= 11 is 4.79. The van der Waals surface area contributed by atoms with Crippen LogP contribution in [0.25, 0.3) is 5.69 Å². The fourth-order valence-corrected chi connectivity index (χ4v) is 2.21. The molecule has 22 heavy (non-hydrogen) atoms. The highest BCUT2D eigenvalue weighted by atomic mass is 32.1. The molecular formula is C13H9F5N2OS. The van der Waals surface area contributed by atoms with E-state index < -0.39 is 39.5 Å². The molecule has 0 unspecified atom stereocenters. The summed E-state index contributed by atoms with van der Waals surface area (Å²) in [6, 6.07) is 1.84. The van der Waals surface area contributed by atoms with Crippen LogP contribution in [-0.4, -0.2) is 9.13 Å². The van der Waals surface area contributed by atoms with E-state index in [-0.39, 0.29) is 11.6 Å². The van der Waals surface area contributed by atoms with Crippen LogP contribution in [0.3, 0.4) is 0 Å². The molecule has 0 aliphatic rings. The van der Waals surface area contributed by atoms with Crippen molar-refractivity contribution in [2.75, 3.05) is 0 Å². The summed E-state index contributed by atoms with van der Waals surface area (Å²) in [7, 11) is 0.990. The van der Waals surface area contributed by atoms with Crippen molar-refractivity contribution in [1.82, 2.24) is 9.13 Å². The van der Waals surface area contributed by atoms with Crippen LogP contribution in [0.5, 0.6) is 0 Å². The summed E-state index contributed by atoms with van der Waals surface area (Å²) in [5.41, 5.74) is -3.01.